The number of aromatic nitrogens is 1. The highest BCUT2D eigenvalue weighted by Crippen LogP contribution is 2.40. The van der Waals surface area contributed by atoms with Gasteiger partial charge in [0.15, 0.2) is 6.10 Å². The van der Waals surface area contributed by atoms with Gasteiger partial charge in [0.25, 0.3) is 0 Å². The molecule has 2 heterocycles. The second kappa shape index (κ2) is 5.83. The fourth-order valence-corrected chi connectivity index (χ4v) is 3.19. The molecule has 1 aliphatic heterocycles. The van der Waals surface area contributed by atoms with Crippen LogP contribution in [0.1, 0.15) is 45.7 Å². The number of benzene rings is 1. The zero-order chi connectivity index (χ0) is 14.8. The van der Waals surface area contributed by atoms with Crippen LogP contribution in [-0.4, -0.2) is 17.6 Å². The van der Waals surface area contributed by atoms with E-state index in [0.717, 1.165) is 16.3 Å². The molecule has 110 valence electrons. The van der Waals surface area contributed by atoms with Gasteiger partial charge in [-0.3, -0.25) is 0 Å². The lowest BCUT2D eigenvalue weighted by atomic mass is 9.97. The Morgan fingerprint density at radius 2 is 2.33 bits per heavy atom. The van der Waals surface area contributed by atoms with E-state index in [2.05, 4.69) is 4.98 Å². The third-order valence-electron chi connectivity index (χ3n) is 3.33. The van der Waals surface area contributed by atoms with Gasteiger partial charge in [-0.05, 0) is 13.0 Å². The summed E-state index contributed by atoms with van der Waals surface area (Å²) in [5, 5.41) is 0.753. The maximum atomic E-state index is 11.7. The minimum absolute atomic E-state index is 0.0881. The molecule has 0 radical (unpaired) electrons. The van der Waals surface area contributed by atoms with Crippen molar-refractivity contribution in [3.8, 4) is 5.75 Å². The molecular weight excluding hydrogens is 288 g/mol. The lowest BCUT2D eigenvalue weighted by molar-refractivity contribution is 0.0532. The molecule has 0 spiro atoms. The van der Waals surface area contributed by atoms with Crippen molar-refractivity contribution in [1.82, 2.24) is 4.98 Å². The molecule has 21 heavy (non-hydrogen) atoms. The quantitative estimate of drug-likeness (QED) is 0.883. The maximum Gasteiger partial charge on any atom is 0.349 e. The Kier molecular flexibility index (Phi) is 3.90. The Morgan fingerprint density at radius 3 is 3.14 bits per heavy atom. The number of hydrogen-bond acceptors (Lipinski definition) is 6. The van der Waals surface area contributed by atoms with Crippen LogP contribution in [0.3, 0.4) is 0 Å². The van der Waals surface area contributed by atoms with E-state index >= 15 is 0 Å². The lowest BCUT2D eigenvalue weighted by Gasteiger charge is -2.28. The van der Waals surface area contributed by atoms with Crippen LogP contribution in [-0.2, 0) is 4.74 Å². The summed E-state index contributed by atoms with van der Waals surface area (Å²) in [4.78, 5) is 16.5. The highest BCUT2D eigenvalue weighted by Gasteiger charge is 2.29. The molecule has 2 aromatic rings. The first-order valence-corrected chi connectivity index (χ1v) is 7.64. The SMILES string of the molecule is CCOC(=O)c1cnc([C@@H]2C[C@H](N)c3ccccc3O2)s1. The predicted octanol–water partition coefficient (Wildman–Crippen LogP) is 2.84. The van der Waals surface area contributed by atoms with E-state index in [-0.39, 0.29) is 18.1 Å². The summed E-state index contributed by atoms with van der Waals surface area (Å²) >= 11 is 1.30. The number of fused-ring (bicyclic) bond motifs is 1. The molecule has 0 aliphatic carbocycles. The average Bonchev–Trinajstić information content (AvgIpc) is 2.97. The standard InChI is InChI=1S/C15H16N2O3S/c1-2-19-15(18)13-8-17-14(21-13)12-7-10(16)9-5-3-4-6-11(9)20-12/h3-6,8,10,12H,2,7,16H2,1H3/t10-,12-/m0/s1. The van der Waals surface area contributed by atoms with Crippen LogP contribution in [0.2, 0.25) is 0 Å². The largest absolute Gasteiger partial charge is 0.483 e. The smallest absolute Gasteiger partial charge is 0.349 e. The normalized spacial score (nSPS) is 20.5. The third kappa shape index (κ3) is 2.77. The molecule has 3 rings (SSSR count). The zero-order valence-corrected chi connectivity index (χ0v) is 12.4. The molecule has 0 bridgehead atoms. The monoisotopic (exact) mass is 304 g/mol. The molecule has 1 aromatic heterocycles. The van der Waals surface area contributed by atoms with Gasteiger partial charge in [0.1, 0.15) is 15.6 Å². The summed E-state index contributed by atoms with van der Waals surface area (Å²) in [6, 6.07) is 7.66. The van der Waals surface area contributed by atoms with E-state index < -0.39 is 0 Å². The number of nitrogens with zero attached hydrogens (tertiary/aromatic N) is 1. The van der Waals surface area contributed by atoms with E-state index in [4.69, 9.17) is 15.2 Å². The molecule has 1 aromatic carbocycles. The highest BCUT2D eigenvalue weighted by molar-refractivity contribution is 7.13. The van der Waals surface area contributed by atoms with Gasteiger partial charge in [-0.15, -0.1) is 11.3 Å². The Labute approximate surface area is 126 Å². The molecule has 2 atom stereocenters. The van der Waals surface area contributed by atoms with Crippen LogP contribution in [0.15, 0.2) is 30.5 Å². The number of carbonyl (C=O) groups excluding carboxylic acids is 1. The van der Waals surface area contributed by atoms with Crippen molar-refractivity contribution >= 4 is 17.3 Å². The zero-order valence-electron chi connectivity index (χ0n) is 11.6. The van der Waals surface area contributed by atoms with Gasteiger partial charge in [0.2, 0.25) is 0 Å². The van der Waals surface area contributed by atoms with Crippen molar-refractivity contribution in [1.29, 1.82) is 0 Å². The van der Waals surface area contributed by atoms with Gasteiger partial charge in [-0.2, -0.15) is 0 Å². The number of rotatable bonds is 3. The number of para-hydroxylation sites is 1. The van der Waals surface area contributed by atoms with Crippen LogP contribution in [0.25, 0.3) is 0 Å². The lowest BCUT2D eigenvalue weighted by Crippen LogP contribution is -2.23. The summed E-state index contributed by atoms with van der Waals surface area (Å²) < 4.78 is 10.9. The van der Waals surface area contributed by atoms with E-state index in [0.29, 0.717) is 17.9 Å². The molecule has 5 nitrogen and oxygen atoms in total. The van der Waals surface area contributed by atoms with Crippen LogP contribution in [0, 0.1) is 0 Å². The number of carbonyl (C=O) groups is 1. The molecule has 1 aliphatic rings. The van der Waals surface area contributed by atoms with Crippen LogP contribution < -0.4 is 10.5 Å². The Hall–Kier alpha value is -1.92. The molecule has 0 saturated heterocycles. The van der Waals surface area contributed by atoms with Gasteiger partial charge in [0.05, 0.1) is 12.8 Å². The predicted molar refractivity (Wildman–Crippen MR) is 79.4 cm³/mol. The summed E-state index contributed by atoms with van der Waals surface area (Å²) in [5.74, 6) is 0.441. The van der Waals surface area contributed by atoms with E-state index in [1.54, 1.807) is 6.92 Å². The van der Waals surface area contributed by atoms with Crippen LogP contribution in [0.5, 0.6) is 5.75 Å². The van der Waals surface area contributed by atoms with Gasteiger partial charge < -0.3 is 15.2 Å². The fraction of sp³-hybridized carbons (Fsp3) is 0.333. The van der Waals surface area contributed by atoms with Crippen LogP contribution in [0.4, 0.5) is 0 Å². The molecular formula is C15H16N2O3S. The van der Waals surface area contributed by atoms with E-state index in [1.807, 2.05) is 24.3 Å². The first-order valence-electron chi connectivity index (χ1n) is 6.83. The second-order valence-corrected chi connectivity index (χ2v) is 5.83. The van der Waals surface area contributed by atoms with Crippen molar-refractivity contribution in [2.75, 3.05) is 6.61 Å². The summed E-state index contributed by atoms with van der Waals surface area (Å²) in [5.41, 5.74) is 7.20. The molecule has 0 fully saturated rings. The highest BCUT2D eigenvalue weighted by atomic mass is 32.1. The minimum atomic E-state index is -0.346. The number of hydrogen-bond donors (Lipinski definition) is 1. The molecule has 2 N–H and O–H groups in total. The van der Waals surface area contributed by atoms with Crippen molar-refractivity contribution in [2.45, 2.75) is 25.5 Å². The summed E-state index contributed by atoms with van der Waals surface area (Å²) in [6.45, 7) is 2.13. The van der Waals surface area contributed by atoms with Crippen molar-refractivity contribution in [2.24, 2.45) is 5.73 Å². The second-order valence-electron chi connectivity index (χ2n) is 4.77. The number of ether oxygens (including phenoxy) is 2. The minimum Gasteiger partial charge on any atom is -0.483 e. The van der Waals surface area contributed by atoms with E-state index in [9.17, 15) is 4.79 Å². The topological polar surface area (TPSA) is 74.4 Å². The first kappa shape index (κ1) is 14.0. The van der Waals surface area contributed by atoms with Crippen molar-refractivity contribution < 1.29 is 14.3 Å². The van der Waals surface area contributed by atoms with E-state index in [1.165, 1.54) is 17.5 Å². The summed E-state index contributed by atoms with van der Waals surface area (Å²) in [6.07, 6.45) is 1.96. The van der Waals surface area contributed by atoms with Gasteiger partial charge in [0, 0.05) is 18.0 Å². The average molecular weight is 304 g/mol. The van der Waals surface area contributed by atoms with Crippen LogP contribution >= 0.6 is 11.3 Å². The number of esters is 1. The molecule has 6 heteroatoms. The Balaban J connectivity index is 1.81. The molecule has 0 unspecified atom stereocenters. The Bertz CT molecular complexity index is 656. The summed E-state index contributed by atoms with van der Waals surface area (Å²) in [7, 11) is 0. The molecule has 0 amide bonds. The third-order valence-corrected chi connectivity index (χ3v) is 4.40. The fourth-order valence-electron chi connectivity index (χ4n) is 2.34. The van der Waals surface area contributed by atoms with Crippen molar-refractivity contribution in [3.63, 3.8) is 0 Å². The van der Waals surface area contributed by atoms with Gasteiger partial charge in [-0.1, -0.05) is 18.2 Å². The maximum absolute atomic E-state index is 11.7. The van der Waals surface area contributed by atoms with Crippen molar-refractivity contribution in [3.05, 3.63) is 45.9 Å². The Morgan fingerprint density at radius 1 is 1.52 bits per heavy atom. The molecule has 0 saturated carbocycles. The van der Waals surface area contributed by atoms with Gasteiger partial charge >= 0.3 is 5.97 Å². The number of thiazole rings is 1. The number of nitrogens with two attached hydrogens (primary N) is 1. The van der Waals surface area contributed by atoms with Gasteiger partial charge in [-0.25, -0.2) is 9.78 Å². The first-order chi connectivity index (χ1) is 10.2.